The number of carbonyl (C=O) groups is 1. The molecule has 0 aliphatic rings. The topological polar surface area (TPSA) is 71.8 Å². The maximum Gasteiger partial charge on any atom is 0.353 e. The fourth-order valence-electron chi connectivity index (χ4n) is 1.33. The van der Waals surface area contributed by atoms with Gasteiger partial charge in [0, 0.05) is 37.9 Å². The van der Waals surface area contributed by atoms with E-state index in [2.05, 4.69) is 21.0 Å². The molecule has 23 heavy (non-hydrogen) atoms. The number of halogens is 2. The predicted molar refractivity (Wildman–Crippen MR) is 76.2 cm³/mol. The summed E-state index contributed by atoms with van der Waals surface area (Å²) in [5.74, 6) is -2.35. The van der Waals surface area contributed by atoms with Crippen LogP contribution < -0.4 is 0 Å². The SMILES string of the molecule is CON=C(C)C(=O)O.Fc1c[c-]c(-c2ccccn2)c(F)c1.[Ir]. The van der Waals surface area contributed by atoms with Crippen LogP contribution in [0.15, 0.2) is 41.7 Å². The number of carboxylic acid groups (broad SMARTS) is 1. The van der Waals surface area contributed by atoms with Gasteiger partial charge in [-0.3, -0.25) is 8.78 Å². The molecular formula is C15H13F2IrN2O3-. The van der Waals surface area contributed by atoms with Crippen molar-refractivity contribution in [2.24, 2.45) is 5.16 Å². The van der Waals surface area contributed by atoms with Crippen LogP contribution >= 0.6 is 0 Å². The van der Waals surface area contributed by atoms with E-state index in [1.807, 2.05) is 0 Å². The molecule has 8 heteroatoms. The number of carboxylic acids is 1. The molecule has 0 amide bonds. The Labute approximate surface area is 145 Å². The van der Waals surface area contributed by atoms with Crippen LogP contribution in [0.5, 0.6) is 0 Å². The van der Waals surface area contributed by atoms with Crippen LogP contribution in [0.1, 0.15) is 6.92 Å². The average molecular weight is 499 g/mol. The Morgan fingerprint density at radius 2 is 2.09 bits per heavy atom. The molecule has 1 heterocycles. The molecule has 2 rings (SSSR count). The fraction of sp³-hybridized carbons (Fsp3) is 0.133. The van der Waals surface area contributed by atoms with Crippen LogP contribution in [0.25, 0.3) is 11.3 Å². The van der Waals surface area contributed by atoms with Gasteiger partial charge >= 0.3 is 5.97 Å². The first kappa shape index (κ1) is 20.8. The minimum atomic E-state index is -1.06. The second kappa shape index (κ2) is 10.5. The number of nitrogens with zero attached hydrogens (tertiary/aromatic N) is 2. The minimum absolute atomic E-state index is 0. The molecule has 1 radical (unpaired) electrons. The van der Waals surface area contributed by atoms with Crippen molar-refractivity contribution in [1.82, 2.24) is 4.98 Å². The van der Waals surface area contributed by atoms with Gasteiger partial charge in [0.1, 0.15) is 7.11 Å². The molecule has 5 nitrogen and oxygen atoms in total. The van der Waals surface area contributed by atoms with Gasteiger partial charge in [0.05, 0.1) is 0 Å². The second-order valence-corrected chi connectivity index (χ2v) is 3.92. The maximum atomic E-state index is 13.2. The van der Waals surface area contributed by atoms with E-state index >= 15 is 0 Å². The molecule has 1 N–H and O–H groups in total. The molecule has 0 atom stereocenters. The van der Waals surface area contributed by atoms with Crippen molar-refractivity contribution in [3.05, 3.63) is 54.2 Å². The van der Waals surface area contributed by atoms with Crippen LogP contribution in [0.2, 0.25) is 0 Å². The molecular weight excluding hydrogens is 486 g/mol. The third-order valence-corrected chi connectivity index (χ3v) is 2.32. The van der Waals surface area contributed by atoms with E-state index in [4.69, 9.17) is 5.11 Å². The summed E-state index contributed by atoms with van der Waals surface area (Å²) in [6.45, 7) is 1.35. The zero-order valence-electron chi connectivity index (χ0n) is 12.2. The zero-order valence-corrected chi connectivity index (χ0v) is 14.6. The Kier molecular flexibility index (Phi) is 9.53. The monoisotopic (exact) mass is 500 g/mol. The van der Waals surface area contributed by atoms with Crippen LogP contribution in [-0.2, 0) is 29.7 Å². The number of oxime groups is 1. The van der Waals surface area contributed by atoms with Gasteiger partial charge in [-0.05, 0) is 18.7 Å². The first-order valence-electron chi connectivity index (χ1n) is 6.05. The molecule has 0 aliphatic carbocycles. The summed E-state index contributed by atoms with van der Waals surface area (Å²) >= 11 is 0. The molecule has 0 fully saturated rings. The maximum absolute atomic E-state index is 13.2. The summed E-state index contributed by atoms with van der Waals surface area (Å²) in [7, 11) is 1.30. The molecule has 0 aliphatic heterocycles. The van der Waals surface area contributed by atoms with E-state index in [0.29, 0.717) is 5.69 Å². The van der Waals surface area contributed by atoms with Gasteiger partial charge in [0.2, 0.25) is 0 Å². The van der Waals surface area contributed by atoms with Gasteiger partial charge in [-0.25, -0.2) is 4.79 Å². The van der Waals surface area contributed by atoms with Gasteiger partial charge < -0.3 is 14.9 Å². The molecule has 0 spiro atoms. The molecule has 0 saturated heterocycles. The Hall–Kier alpha value is -2.18. The molecule has 0 saturated carbocycles. The molecule has 2 aromatic rings. The Morgan fingerprint density at radius 1 is 1.39 bits per heavy atom. The van der Waals surface area contributed by atoms with E-state index in [1.165, 1.54) is 14.0 Å². The number of benzene rings is 1. The summed E-state index contributed by atoms with van der Waals surface area (Å²) in [6, 6.07) is 9.53. The van der Waals surface area contributed by atoms with Crippen LogP contribution in [0.3, 0.4) is 0 Å². The molecule has 1 aromatic carbocycles. The fourth-order valence-corrected chi connectivity index (χ4v) is 1.33. The number of hydrogen-bond donors (Lipinski definition) is 1. The standard InChI is InChI=1S/C11H6F2N.C4H7NO3.Ir/c12-8-4-5-9(10(13)7-8)11-3-1-2-6-14-11;1-3(4(6)7)5-8-2;/h1-4,6-7H;1-2H3,(H,6,7);/q-1;;. The predicted octanol–water partition coefficient (Wildman–Crippen LogP) is 2.92. The van der Waals surface area contributed by atoms with E-state index in [0.717, 1.165) is 12.1 Å². The normalized spacial score (nSPS) is 10.0. The number of aromatic nitrogens is 1. The van der Waals surface area contributed by atoms with Crippen LogP contribution in [0.4, 0.5) is 8.78 Å². The minimum Gasteiger partial charge on any atom is -0.477 e. The summed E-state index contributed by atoms with van der Waals surface area (Å²) in [6.07, 6.45) is 1.55. The van der Waals surface area contributed by atoms with Gasteiger partial charge in [0.15, 0.2) is 5.71 Å². The quantitative estimate of drug-likeness (QED) is 0.401. The van der Waals surface area contributed by atoms with E-state index < -0.39 is 17.6 Å². The van der Waals surface area contributed by atoms with E-state index in [1.54, 1.807) is 24.4 Å². The van der Waals surface area contributed by atoms with Crippen molar-refractivity contribution in [3.8, 4) is 11.3 Å². The molecule has 0 unspecified atom stereocenters. The number of pyridine rings is 1. The summed E-state index contributed by atoms with van der Waals surface area (Å²) in [4.78, 5) is 18.0. The van der Waals surface area contributed by atoms with Gasteiger partial charge in [0.25, 0.3) is 0 Å². The third-order valence-electron chi connectivity index (χ3n) is 2.32. The summed E-state index contributed by atoms with van der Waals surface area (Å²) in [5, 5.41) is 11.2. The number of aliphatic carboxylic acids is 1. The Balaban J connectivity index is 0.000000469. The third kappa shape index (κ3) is 7.08. The van der Waals surface area contributed by atoms with Crippen molar-refractivity contribution in [1.29, 1.82) is 0 Å². The summed E-state index contributed by atoms with van der Waals surface area (Å²) < 4.78 is 25.8. The van der Waals surface area contributed by atoms with E-state index in [-0.39, 0.29) is 31.4 Å². The van der Waals surface area contributed by atoms with Gasteiger partial charge in [-0.2, -0.15) is 0 Å². The van der Waals surface area contributed by atoms with Gasteiger partial charge in [-0.15, -0.1) is 12.1 Å². The van der Waals surface area contributed by atoms with Gasteiger partial charge in [-0.1, -0.05) is 28.9 Å². The number of hydrogen-bond acceptors (Lipinski definition) is 4. The zero-order chi connectivity index (χ0) is 16.5. The van der Waals surface area contributed by atoms with Crippen LogP contribution in [-0.4, -0.2) is 28.9 Å². The van der Waals surface area contributed by atoms with Crippen LogP contribution in [0, 0.1) is 17.7 Å². The summed E-state index contributed by atoms with van der Waals surface area (Å²) in [5.41, 5.74) is 0.588. The largest absolute Gasteiger partial charge is 0.477 e. The smallest absolute Gasteiger partial charge is 0.353 e. The first-order valence-corrected chi connectivity index (χ1v) is 6.05. The molecule has 0 bridgehead atoms. The molecule has 1 aromatic heterocycles. The van der Waals surface area contributed by atoms with E-state index in [9.17, 15) is 13.6 Å². The Morgan fingerprint density at radius 3 is 2.52 bits per heavy atom. The van der Waals surface area contributed by atoms with Crippen molar-refractivity contribution < 1.29 is 43.6 Å². The van der Waals surface area contributed by atoms with Crippen molar-refractivity contribution in [2.75, 3.05) is 7.11 Å². The first-order chi connectivity index (χ1) is 10.5. The second-order valence-electron chi connectivity index (χ2n) is 3.92. The molecule has 125 valence electrons. The number of rotatable bonds is 3. The average Bonchev–Trinajstić information content (AvgIpc) is 2.49. The van der Waals surface area contributed by atoms with Crippen molar-refractivity contribution in [2.45, 2.75) is 6.92 Å². The van der Waals surface area contributed by atoms with Crippen molar-refractivity contribution >= 4 is 11.7 Å². The Bertz CT molecular complexity index is 667. The van der Waals surface area contributed by atoms with Crippen molar-refractivity contribution in [3.63, 3.8) is 0 Å².